The van der Waals surface area contributed by atoms with Crippen LogP contribution in [-0.4, -0.2) is 30.5 Å². The summed E-state index contributed by atoms with van der Waals surface area (Å²) in [5, 5.41) is 5.25. The van der Waals surface area contributed by atoms with Crippen LogP contribution in [-0.2, 0) is 10.0 Å². The molecule has 9 nitrogen and oxygen atoms in total. The first kappa shape index (κ1) is 18.2. The molecule has 0 fully saturated rings. The molecule has 130 valence electrons. The predicted molar refractivity (Wildman–Crippen MR) is 91.2 cm³/mol. The van der Waals surface area contributed by atoms with Gasteiger partial charge in [0.1, 0.15) is 10.7 Å². The van der Waals surface area contributed by atoms with Crippen molar-refractivity contribution in [2.75, 3.05) is 18.6 Å². The zero-order chi connectivity index (χ0) is 18.1. The van der Waals surface area contributed by atoms with Gasteiger partial charge >= 0.3 is 0 Å². The number of ether oxygens (including phenoxy) is 1. The third kappa shape index (κ3) is 3.86. The molecule has 0 aromatic carbocycles. The molecule has 0 spiro atoms. The zero-order valence-corrected chi connectivity index (χ0v) is 15.0. The monoisotopic (exact) mass is 370 g/mol. The van der Waals surface area contributed by atoms with E-state index in [-0.39, 0.29) is 28.5 Å². The summed E-state index contributed by atoms with van der Waals surface area (Å²) < 4.78 is 28.6. The minimum atomic E-state index is -4.00. The quantitative estimate of drug-likeness (QED) is 0.696. The van der Waals surface area contributed by atoms with Gasteiger partial charge in [0.25, 0.3) is 0 Å². The second-order valence-corrected chi connectivity index (χ2v) is 7.77. The van der Waals surface area contributed by atoms with Crippen LogP contribution in [0.15, 0.2) is 26.9 Å². The van der Waals surface area contributed by atoms with E-state index in [1.807, 2.05) is 13.8 Å². The first-order valence-electron chi connectivity index (χ1n) is 6.81. The van der Waals surface area contributed by atoms with Crippen LogP contribution in [0.3, 0.4) is 0 Å². The van der Waals surface area contributed by atoms with Gasteiger partial charge in [0.2, 0.25) is 21.9 Å². The fourth-order valence-electron chi connectivity index (χ4n) is 1.92. The Kier molecular flexibility index (Phi) is 5.16. The third-order valence-electron chi connectivity index (χ3n) is 3.02. The summed E-state index contributed by atoms with van der Waals surface area (Å²) in [6.45, 7) is 3.84. The molecular formula is C13H18N6O3S2. The lowest BCUT2D eigenvalue weighted by atomic mass is 10.1. The van der Waals surface area contributed by atoms with E-state index in [0.29, 0.717) is 15.5 Å². The Labute approximate surface area is 144 Å². The number of sulfonamides is 1. The van der Waals surface area contributed by atoms with E-state index in [0.717, 1.165) is 0 Å². The van der Waals surface area contributed by atoms with Gasteiger partial charge < -0.3 is 16.2 Å². The average Bonchev–Trinajstić information content (AvgIpc) is 2.48. The molecule has 24 heavy (non-hydrogen) atoms. The number of primary sulfonamides is 1. The number of nitrogen functional groups attached to an aromatic ring is 2. The van der Waals surface area contributed by atoms with Gasteiger partial charge in [-0.05, 0) is 12.0 Å². The summed E-state index contributed by atoms with van der Waals surface area (Å²) >= 11 is 1.18. The molecule has 0 aliphatic carbocycles. The largest absolute Gasteiger partial charge is 0.480 e. The van der Waals surface area contributed by atoms with E-state index in [1.165, 1.54) is 31.1 Å². The van der Waals surface area contributed by atoms with Gasteiger partial charge in [0.15, 0.2) is 0 Å². The summed E-state index contributed by atoms with van der Waals surface area (Å²) in [5.41, 5.74) is 12.0. The summed E-state index contributed by atoms with van der Waals surface area (Å²) in [7, 11) is -2.67. The Morgan fingerprint density at radius 3 is 2.38 bits per heavy atom. The number of hydrogen-bond acceptors (Lipinski definition) is 9. The maximum absolute atomic E-state index is 11.8. The highest BCUT2D eigenvalue weighted by molar-refractivity contribution is 7.99. The summed E-state index contributed by atoms with van der Waals surface area (Å²) in [5.74, 6) is 0.202. The Morgan fingerprint density at radius 2 is 1.88 bits per heavy atom. The van der Waals surface area contributed by atoms with Crippen LogP contribution >= 0.6 is 11.8 Å². The molecule has 0 amide bonds. The molecule has 0 saturated carbocycles. The summed E-state index contributed by atoms with van der Waals surface area (Å²) in [4.78, 5) is 13.0. The molecule has 2 rings (SSSR count). The lowest BCUT2D eigenvalue weighted by Crippen LogP contribution is -2.15. The molecule has 2 heterocycles. The van der Waals surface area contributed by atoms with Gasteiger partial charge in [0.05, 0.1) is 17.7 Å². The number of rotatable bonds is 5. The highest BCUT2D eigenvalue weighted by atomic mass is 32.2. The zero-order valence-electron chi connectivity index (χ0n) is 13.3. The van der Waals surface area contributed by atoms with E-state index in [9.17, 15) is 8.42 Å². The van der Waals surface area contributed by atoms with Crippen LogP contribution in [0.5, 0.6) is 5.88 Å². The number of nitrogens with zero attached hydrogens (tertiary/aromatic N) is 3. The maximum atomic E-state index is 11.8. The molecule has 0 aliphatic heterocycles. The van der Waals surface area contributed by atoms with E-state index in [2.05, 4.69) is 15.0 Å². The van der Waals surface area contributed by atoms with Crippen molar-refractivity contribution in [3.8, 4) is 5.88 Å². The highest BCUT2D eigenvalue weighted by Gasteiger charge is 2.22. The highest BCUT2D eigenvalue weighted by Crippen LogP contribution is 2.38. The maximum Gasteiger partial charge on any atom is 0.243 e. The van der Waals surface area contributed by atoms with Crippen molar-refractivity contribution in [1.29, 1.82) is 0 Å². The van der Waals surface area contributed by atoms with Crippen LogP contribution in [0, 0.1) is 0 Å². The van der Waals surface area contributed by atoms with Gasteiger partial charge in [-0.25, -0.2) is 23.5 Å². The van der Waals surface area contributed by atoms with Gasteiger partial charge in [-0.2, -0.15) is 4.98 Å². The van der Waals surface area contributed by atoms with E-state index < -0.39 is 10.0 Å². The second-order valence-electron chi connectivity index (χ2n) is 5.16. The number of anilines is 2. The minimum absolute atomic E-state index is 0.00635. The lowest BCUT2D eigenvalue weighted by Gasteiger charge is -2.15. The molecule has 0 unspecified atom stereocenters. The normalized spacial score (nSPS) is 11.7. The van der Waals surface area contributed by atoms with Crippen molar-refractivity contribution in [2.45, 2.75) is 34.5 Å². The van der Waals surface area contributed by atoms with E-state index in [1.54, 1.807) is 0 Å². The number of hydrogen-bond donors (Lipinski definition) is 3. The fraction of sp³-hybridized carbons (Fsp3) is 0.308. The molecule has 11 heteroatoms. The van der Waals surface area contributed by atoms with Crippen molar-refractivity contribution in [3.05, 3.63) is 18.0 Å². The molecule has 2 aromatic rings. The topological polar surface area (TPSA) is 160 Å². The first-order chi connectivity index (χ1) is 11.1. The third-order valence-corrected chi connectivity index (χ3v) is 5.00. The Bertz CT molecular complexity index is 870. The standard InChI is InChI=1S/C13H18N6O3S2/c1-6(2)10-7(23-8-5-17-13(15)19-11(8)14)4-9(24(16,20)21)12(18-10)22-3/h4-6H,1-3H3,(H2,16,20,21)(H4,14,15,17,19). The smallest absolute Gasteiger partial charge is 0.243 e. The molecular weight excluding hydrogens is 352 g/mol. The van der Waals surface area contributed by atoms with Crippen LogP contribution in [0.1, 0.15) is 25.5 Å². The van der Waals surface area contributed by atoms with Gasteiger partial charge in [-0.1, -0.05) is 25.6 Å². The van der Waals surface area contributed by atoms with Gasteiger partial charge in [-0.3, -0.25) is 0 Å². The molecule has 0 saturated heterocycles. The second kappa shape index (κ2) is 6.79. The summed E-state index contributed by atoms with van der Waals surface area (Å²) in [6, 6.07) is 1.41. The van der Waals surface area contributed by atoms with Crippen LogP contribution in [0.2, 0.25) is 0 Å². The minimum Gasteiger partial charge on any atom is -0.480 e. The number of pyridine rings is 1. The van der Waals surface area contributed by atoms with Crippen molar-refractivity contribution in [1.82, 2.24) is 15.0 Å². The number of methoxy groups -OCH3 is 1. The van der Waals surface area contributed by atoms with Crippen molar-refractivity contribution in [2.24, 2.45) is 5.14 Å². The Balaban J connectivity index is 2.62. The average molecular weight is 370 g/mol. The number of nitrogens with two attached hydrogens (primary N) is 3. The summed E-state index contributed by atoms with van der Waals surface area (Å²) in [6.07, 6.45) is 1.47. The van der Waals surface area contributed by atoms with E-state index in [4.69, 9.17) is 21.3 Å². The van der Waals surface area contributed by atoms with Crippen molar-refractivity contribution in [3.63, 3.8) is 0 Å². The Morgan fingerprint density at radius 1 is 1.21 bits per heavy atom. The van der Waals surface area contributed by atoms with Crippen molar-refractivity contribution < 1.29 is 13.2 Å². The molecule has 0 atom stereocenters. The molecule has 0 radical (unpaired) electrons. The van der Waals surface area contributed by atoms with Crippen LogP contribution in [0.4, 0.5) is 11.8 Å². The van der Waals surface area contributed by atoms with Crippen molar-refractivity contribution >= 4 is 33.6 Å². The van der Waals surface area contributed by atoms with E-state index >= 15 is 0 Å². The van der Waals surface area contributed by atoms with Gasteiger partial charge in [0, 0.05) is 11.1 Å². The van der Waals surface area contributed by atoms with Crippen LogP contribution < -0.4 is 21.3 Å². The lowest BCUT2D eigenvalue weighted by molar-refractivity contribution is 0.381. The van der Waals surface area contributed by atoms with Crippen LogP contribution in [0.25, 0.3) is 0 Å². The number of aromatic nitrogens is 3. The Hall–Kier alpha value is -2.11. The molecule has 6 N–H and O–H groups in total. The predicted octanol–water partition coefficient (Wildman–Crippen LogP) is 0.967. The molecule has 2 aromatic heterocycles. The molecule has 0 aliphatic rings. The fourth-order valence-corrected chi connectivity index (χ4v) is 3.70. The SMILES string of the molecule is COc1nc(C(C)C)c(Sc2cnc(N)nc2N)cc1S(N)(=O)=O. The first-order valence-corrected chi connectivity index (χ1v) is 9.17. The molecule has 0 bridgehead atoms. The van der Waals surface area contributed by atoms with Gasteiger partial charge in [-0.15, -0.1) is 0 Å².